The van der Waals surface area contributed by atoms with Gasteiger partial charge in [-0.1, -0.05) is 49.4 Å². The van der Waals surface area contributed by atoms with Crippen LogP contribution in [0, 0.1) is 0 Å². The fourth-order valence-corrected chi connectivity index (χ4v) is 3.90. The van der Waals surface area contributed by atoms with Crippen molar-refractivity contribution in [1.82, 2.24) is 10.2 Å². The van der Waals surface area contributed by atoms with Crippen molar-refractivity contribution in [3.8, 4) is 5.75 Å². The van der Waals surface area contributed by atoms with Gasteiger partial charge in [-0.25, -0.2) is 0 Å². The smallest absolute Gasteiger partial charge is 0.246 e. The van der Waals surface area contributed by atoms with Gasteiger partial charge in [0.15, 0.2) is 0 Å². The Bertz CT molecular complexity index is 841. The maximum atomic E-state index is 13.5. The molecule has 160 valence electrons. The van der Waals surface area contributed by atoms with Crippen LogP contribution in [0.4, 0.5) is 5.69 Å². The van der Waals surface area contributed by atoms with E-state index in [1.54, 1.807) is 0 Å². The van der Waals surface area contributed by atoms with Gasteiger partial charge in [0.05, 0.1) is 12.3 Å². The molecular formula is C24H31N3O3. The Labute approximate surface area is 178 Å². The highest BCUT2D eigenvalue weighted by Gasteiger charge is 2.32. The average molecular weight is 410 g/mol. The standard InChI is InChI=1S/C24H31N3O3/c1-3-22(28)25-19-13-10-16-27(17-19)23(18-11-6-5-7-12-18)24(29)26-20-14-8-9-15-21(20)30-4-2/h5-9,11-12,14-15,19,23H,3-4,10,13,16-17H2,1-2H3,(H,25,28)(H,26,29). The number of hydrogen-bond acceptors (Lipinski definition) is 4. The highest BCUT2D eigenvalue weighted by Crippen LogP contribution is 2.29. The molecule has 0 aliphatic carbocycles. The molecule has 1 saturated heterocycles. The summed E-state index contributed by atoms with van der Waals surface area (Å²) in [5, 5.41) is 6.15. The van der Waals surface area contributed by atoms with Crippen molar-refractivity contribution in [2.45, 2.75) is 45.2 Å². The topological polar surface area (TPSA) is 70.7 Å². The second kappa shape index (κ2) is 10.8. The van der Waals surface area contributed by atoms with E-state index in [4.69, 9.17) is 4.74 Å². The molecule has 0 aromatic heterocycles. The third-order valence-corrected chi connectivity index (χ3v) is 5.31. The maximum Gasteiger partial charge on any atom is 0.246 e. The number of ether oxygens (including phenoxy) is 1. The van der Waals surface area contributed by atoms with Crippen LogP contribution in [0.25, 0.3) is 0 Å². The summed E-state index contributed by atoms with van der Waals surface area (Å²) in [5.74, 6) is 0.607. The summed E-state index contributed by atoms with van der Waals surface area (Å²) in [7, 11) is 0. The first kappa shape index (κ1) is 21.8. The van der Waals surface area contributed by atoms with Gasteiger partial charge >= 0.3 is 0 Å². The lowest BCUT2D eigenvalue weighted by atomic mass is 9.98. The predicted molar refractivity (Wildman–Crippen MR) is 118 cm³/mol. The SMILES string of the molecule is CCOc1ccccc1NC(=O)C(c1ccccc1)N1CCCC(NC(=O)CC)C1. The zero-order chi connectivity index (χ0) is 21.3. The quantitative estimate of drug-likeness (QED) is 0.697. The minimum atomic E-state index is -0.442. The molecule has 0 saturated carbocycles. The number of benzene rings is 2. The highest BCUT2D eigenvalue weighted by molar-refractivity contribution is 5.96. The Morgan fingerprint density at radius 1 is 1.10 bits per heavy atom. The number of likely N-dealkylation sites (tertiary alicyclic amines) is 1. The lowest BCUT2D eigenvalue weighted by Gasteiger charge is -2.38. The van der Waals surface area contributed by atoms with E-state index in [0.29, 0.717) is 31.0 Å². The van der Waals surface area contributed by atoms with Gasteiger partial charge < -0.3 is 15.4 Å². The largest absolute Gasteiger partial charge is 0.492 e. The number of hydrogen-bond donors (Lipinski definition) is 2. The summed E-state index contributed by atoms with van der Waals surface area (Å²) in [6.45, 7) is 5.75. The van der Waals surface area contributed by atoms with Crippen molar-refractivity contribution >= 4 is 17.5 Å². The minimum absolute atomic E-state index is 0.0493. The van der Waals surface area contributed by atoms with Crippen molar-refractivity contribution in [1.29, 1.82) is 0 Å². The molecule has 1 aliphatic heterocycles. The average Bonchev–Trinajstić information content (AvgIpc) is 2.76. The van der Waals surface area contributed by atoms with E-state index >= 15 is 0 Å². The molecule has 0 radical (unpaired) electrons. The molecule has 0 bridgehead atoms. The maximum absolute atomic E-state index is 13.5. The van der Waals surface area contributed by atoms with E-state index < -0.39 is 6.04 Å². The van der Waals surface area contributed by atoms with Crippen molar-refractivity contribution in [2.75, 3.05) is 25.0 Å². The number of nitrogens with one attached hydrogen (secondary N) is 2. The van der Waals surface area contributed by atoms with Crippen LogP contribution in [0.2, 0.25) is 0 Å². The zero-order valence-corrected chi connectivity index (χ0v) is 17.8. The molecule has 2 atom stereocenters. The summed E-state index contributed by atoms with van der Waals surface area (Å²) in [6, 6.07) is 16.9. The molecule has 2 amide bonds. The first-order valence-electron chi connectivity index (χ1n) is 10.7. The monoisotopic (exact) mass is 409 g/mol. The number of rotatable bonds is 8. The second-order valence-corrected chi connectivity index (χ2v) is 7.49. The molecule has 0 spiro atoms. The summed E-state index contributed by atoms with van der Waals surface area (Å²) >= 11 is 0. The van der Waals surface area contributed by atoms with Crippen LogP contribution in [0.3, 0.4) is 0 Å². The molecule has 6 heteroatoms. The van der Waals surface area contributed by atoms with Crippen LogP contribution in [-0.2, 0) is 9.59 Å². The van der Waals surface area contributed by atoms with Crippen LogP contribution in [0.15, 0.2) is 54.6 Å². The molecule has 6 nitrogen and oxygen atoms in total. The summed E-state index contributed by atoms with van der Waals surface area (Å²) in [6.07, 6.45) is 2.33. The lowest BCUT2D eigenvalue weighted by molar-refractivity contribution is -0.123. The van der Waals surface area contributed by atoms with Crippen LogP contribution in [0.5, 0.6) is 5.75 Å². The molecule has 1 fully saturated rings. The van der Waals surface area contributed by atoms with Gasteiger partial charge in [0, 0.05) is 19.0 Å². The molecular weight excluding hydrogens is 378 g/mol. The van der Waals surface area contributed by atoms with Gasteiger partial charge in [0.2, 0.25) is 11.8 Å². The number of para-hydroxylation sites is 2. The molecule has 2 aromatic rings. The number of carbonyl (C=O) groups is 2. The first-order valence-corrected chi connectivity index (χ1v) is 10.7. The van der Waals surface area contributed by atoms with Crippen LogP contribution in [0.1, 0.15) is 44.7 Å². The summed E-state index contributed by atoms with van der Waals surface area (Å²) in [4.78, 5) is 27.5. The number of anilines is 1. The minimum Gasteiger partial charge on any atom is -0.492 e. The van der Waals surface area contributed by atoms with Crippen molar-refractivity contribution in [2.24, 2.45) is 0 Å². The third kappa shape index (κ3) is 5.60. The van der Waals surface area contributed by atoms with Crippen molar-refractivity contribution in [3.05, 3.63) is 60.2 Å². The van der Waals surface area contributed by atoms with E-state index in [1.807, 2.05) is 68.4 Å². The van der Waals surface area contributed by atoms with Crippen LogP contribution >= 0.6 is 0 Å². The van der Waals surface area contributed by atoms with E-state index in [2.05, 4.69) is 15.5 Å². The molecule has 2 unspecified atom stereocenters. The van der Waals surface area contributed by atoms with Gasteiger partial charge in [0.25, 0.3) is 0 Å². The van der Waals surface area contributed by atoms with E-state index in [-0.39, 0.29) is 17.9 Å². The zero-order valence-electron chi connectivity index (χ0n) is 17.8. The van der Waals surface area contributed by atoms with E-state index in [9.17, 15) is 9.59 Å². The normalized spacial score (nSPS) is 17.7. The fourth-order valence-electron chi connectivity index (χ4n) is 3.90. The number of carbonyl (C=O) groups excluding carboxylic acids is 2. The number of nitrogens with zero attached hydrogens (tertiary/aromatic N) is 1. The summed E-state index contributed by atoms with van der Waals surface area (Å²) in [5.41, 5.74) is 1.60. The van der Waals surface area contributed by atoms with Gasteiger partial charge in [-0.2, -0.15) is 0 Å². The first-order chi connectivity index (χ1) is 14.6. The molecule has 1 heterocycles. The molecule has 30 heavy (non-hydrogen) atoms. The van der Waals surface area contributed by atoms with Crippen LogP contribution < -0.4 is 15.4 Å². The van der Waals surface area contributed by atoms with E-state index in [1.165, 1.54) is 0 Å². The van der Waals surface area contributed by atoms with E-state index in [0.717, 1.165) is 24.9 Å². The van der Waals surface area contributed by atoms with Gasteiger partial charge in [0.1, 0.15) is 11.8 Å². The predicted octanol–water partition coefficient (Wildman–Crippen LogP) is 3.76. The molecule has 3 rings (SSSR count). The second-order valence-electron chi connectivity index (χ2n) is 7.49. The molecule has 2 N–H and O–H groups in total. The van der Waals surface area contributed by atoms with Gasteiger partial charge in [-0.3, -0.25) is 14.5 Å². The summed E-state index contributed by atoms with van der Waals surface area (Å²) < 4.78 is 5.67. The Kier molecular flexibility index (Phi) is 7.85. The highest BCUT2D eigenvalue weighted by atomic mass is 16.5. The van der Waals surface area contributed by atoms with Crippen molar-refractivity contribution in [3.63, 3.8) is 0 Å². The lowest BCUT2D eigenvalue weighted by Crippen LogP contribution is -2.50. The Morgan fingerprint density at radius 2 is 1.83 bits per heavy atom. The number of piperidine rings is 1. The van der Waals surface area contributed by atoms with Gasteiger partial charge in [-0.15, -0.1) is 0 Å². The molecule has 2 aromatic carbocycles. The molecule has 1 aliphatic rings. The Hall–Kier alpha value is -2.86. The van der Waals surface area contributed by atoms with Crippen molar-refractivity contribution < 1.29 is 14.3 Å². The number of amides is 2. The van der Waals surface area contributed by atoms with Gasteiger partial charge in [-0.05, 0) is 44.0 Å². The Morgan fingerprint density at radius 3 is 2.57 bits per heavy atom. The van der Waals surface area contributed by atoms with Crippen LogP contribution in [-0.4, -0.2) is 42.5 Å². The Balaban J connectivity index is 1.83. The fraction of sp³-hybridized carbons (Fsp3) is 0.417. The third-order valence-electron chi connectivity index (χ3n) is 5.31.